The molecule has 3 rings (SSSR count). The average Bonchev–Trinajstić information content (AvgIpc) is 3.05. The molecule has 0 aliphatic carbocycles. The van der Waals surface area contributed by atoms with Crippen LogP contribution in [0.15, 0.2) is 23.6 Å². The van der Waals surface area contributed by atoms with Crippen LogP contribution < -0.4 is 4.74 Å². The van der Waals surface area contributed by atoms with Gasteiger partial charge in [-0.1, -0.05) is 0 Å². The lowest BCUT2D eigenvalue weighted by Crippen LogP contribution is -2.41. The molecule has 0 aromatic carbocycles. The zero-order chi connectivity index (χ0) is 18.9. The Morgan fingerprint density at radius 2 is 1.88 bits per heavy atom. The summed E-state index contributed by atoms with van der Waals surface area (Å²) in [6.07, 6.45) is 4.34. The fourth-order valence-corrected chi connectivity index (χ4v) is 4.36. The molecule has 0 bridgehead atoms. The van der Waals surface area contributed by atoms with Crippen molar-refractivity contribution in [2.75, 3.05) is 13.1 Å². The normalized spacial score (nSPS) is 17.0. The van der Waals surface area contributed by atoms with E-state index in [9.17, 15) is 8.42 Å². The third-order valence-corrected chi connectivity index (χ3v) is 6.19. The summed E-state index contributed by atoms with van der Waals surface area (Å²) in [4.78, 5) is 12.6. The van der Waals surface area contributed by atoms with Crippen molar-refractivity contribution in [3.8, 4) is 5.88 Å². The highest BCUT2D eigenvalue weighted by atomic mass is 32.2. The first kappa shape index (κ1) is 18.8. The first-order chi connectivity index (χ1) is 12.3. The van der Waals surface area contributed by atoms with Crippen molar-refractivity contribution < 1.29 is 13.2 Å². The van der Waals surface area contributed by atoms with Gasteiger partial charge >= 0.3 is 0 Å². The van der Waals surface area contributed by atoms with Gasteiger partial charge in [0.15, 0.2) is 5.03 Å². The van der Waals surface area contributed by atoms with Gasteiger partial charge in [0, 0.05) is 37.1 Å². The molecule has 2 aromatic rings. The minimum absolute atomic E-state index is 0.0524. The zero-order valence-corrected chi connectivity index (χ0v) is 16.4. The second kappa shape index (κ2) is 7.32. The predicted molar refractivity (Wildman–Crippen MR) is 96.5 cm³/mol. The van der Waals surface area contributed by atoms with E-state index in [-0.39, 0.29) is 17.2 Å². The molecule has 0 atom stereocenters. The van der Waals surface area contributed by atoms with Crippen LogP contribution in [0, 0.1) is 13.8 Å². The van der Waals surface area contributed by atoms with E-state index in [1.807, 2.05) is 27.7 Å². The van der Waals surface area contributed by atoms with Gasteiger partial charge in [0.25, 0.3) is 10.0 Å². The van der Waals surface area contributed by atoms with E-state index in [0.717, 1.165) is 5.69 Å². The maximum atomic E-state index is 12.8. The summed E-state index contributed by atoms with van der Waals surface area (Å²) < 4.78 is 34.7. The first-order valence-corrected chi connectivity index (χ1v) is 10.2. The van der Waals surface area contributed by atoms with Crippen molar-refractivity contribution >= 4 is 10.0 Å². The van der Waals surface area contributed by atoms with Gasteiger partial charge in [-0.2, -0.15) is 9.29 Å². The van der Waals surface area contributed by atoms with E-state index in [0.29, 0.717) is 37.6 Å². The Balaban J connectivity index is 1.63. The molecule has 142 valence electrons. The van der Waals surface area contributed by atoms with Crippen molar-refractivity contribution in [1.29, 1.82) is 0 Å². The largest absolute Gasteiger partial charge is 0.474 e. The van der Waals surface area contributed by atoms with Gasteiger partial charge in [0.2, 0.25) is 5.88 Å². The number of aryl methyl sites for hydroxylation is 2. The first-order valence-electron chi connectivity index (χ1n) is 8.78. The van der Waals surface area contributed by atoms with Crippen molar-refractivity contribution in [2.45, 2.75) is 57.7 Å². The number of ether oxygens (including phenoxy) is 1. The molecule has 1 saturated heterocycles. The Hall–Kier alpha value is -2.00. The number of sulfonamides is 1. The molecule has 1 aliphatic rings. The molecule has 1 aliphatic heterocycles. The topological polar surface area (TPSA) is 90.2 Å². The Labute approximate surface area is 154 Å². The summed E-state index contributed by atoms with van der Waals surface area (Å²) in [7, 11) is -3.56. The molecule has 0 saturated carbocycles. The van der Waals surface area contributed by atoms with Crippen LogP contribution in [-0.4, -0.2) is 51.4 Å². The summed E-state index contributed by atoms with van der Waals surface area (Å²) in [5, 5.41) is 0.104. The van der Waals surface area contributed by atoms with Crippen LogP contribution in [0.3, 0.4) is 0 Å². The standard InChI is InChI=1S/C17H25N5O3S/c1-12(2)21-10-17(18-11-21)26(23,24)22-7-5-15(6-8-22)25-16-9-13(3)19-14(4)20-16/h9-12,15H,5-8H2,1-4H3. The molecule has 0 radical (unpaired) electrons. The number of rotatable bonds is 5. The number of hydrogen-bond donors (Lipinski definition) is 0. The summed E-state index contributed by atoms with van der Waals surface area (Å²) in [6, 6.07) is 1.97. The lowest BCUT2D eigenvalue weighted by atomic mass is 10.1. The Bertz CT molecular complexity index is 850. The Morgan fingerprint density at radius 1 is 1.19 bits per heavy atom. The van der Waals surface area contributed by atoms with Gasteiger partial charge in [-0.25, -0.2) is 18.4 Å². The molecule has 3 heterocycles. The third kappa shape index (κ3) is 4.04. The van der Waals surface area contributed by atoms with Crippen LogP contribution in [0.25, 0.3) is 0 Å². The van der Waals surface area contributed by atoms with Crippen molar-refractivity contribution in [3.05, 3.63) is 30.1 Å². The van der Waals surface area contributed by atoms with E-state index in [4.69, 9.17) is 4.74 Å². The Morgan fingerprint density at radius 3 is 2.46 bits per heavy atom. The number of imidazole rings is 1. The van der Waals surface area contributed by atoms with Crippen molar-refractivity contribution in [3.63, 3.8) is 0 Å². The van der Waals surface area contributed by atoms with Crippen molar-refractivity contribution in [2.24, 2.45) is 0 Å². The highest BCUT2D eigenvalue weighted by Crippen LogP contribution is 2.23. The molecular formula is C17H25N5O3S. The lowest BCUT2D eigenvalue weighted by Gasteiger charge is -2.30. The van der Waals surface area contributed by atoms with Crippen LogP contribution in [0.4, 0.5) is 0 Å². The molecule has 26 heavy (non-hydrogen) atoms. The van der Waals surface area contributed by atoms with Crippen LogP contribution in [0.2, 0.25) is 0 Å². The summed E-state index contributed by atoms with van der Waals surface area (Å²) >= 11 is 0. The Kier molecular flexibility index (Phi) is 5.29. The fourth-order valence-electron chi connectivity index (χ4n) is 2.97. The number of aromatic nitrogens is 4. The van der Waals surface area contributed by atoms with E-state index in [1.165, 1.54) is 4.31 Å². The fraction of sp³-hybridized carbons (Fsp3) is 0.588. The number of nitrogens with zero attached hydrogens (tertiary/aromatic N) is 5. The second-order valence-corrected chi connectivity index (χ2v) is 8.75. The third-order valence-electron chi connectivity index (χ3n) is 4.41. The highest BCUT2D eigenvalue weighted by molar-refractivity contribution is 7.89. The molecule has 0 amide bonds. The smallest absolute Gasteiger partial charge is 0.262 e. The van der Waals surface area contributed by atoms with Gasteiger partial charge in [-0.15, -0.1) is 0 Å². The van der Waals surface area contributed by atoms with Gasteiger partial charge < -0.3 is 9.30 Å². The molecular weight excluding hydrogens is 354 g/mol. The monoisotopic (exact) mass is 379 g/mol. The highest BCUT2D eigenvalue weighted by Gasteiger charge is 2.32. The molecule has 2 aromatic heterocycles. The quantitative estimate of drug-likeness (QED) is 0.790. The number of hydrogen-bond acceptors (Lipinski definition) is 6. The van der Waals surface area contributed by atoms with E-state index in [2.05, 4.69) is 15.0 Å². The van der Waals surface area contributed by atoms with Gasteiger partial charge in [-0.05, 0) is 40.5 Å². The lowest BCUT2D eigenvalue weighted by molar-refractivity contribution is 0.129. The van der Waals surface area contributed by atoms with Gasteiger partial charge in [0.05, 0.1) is 6.33 Å². The predicted octanol–water partition coefficient (Wildman–Crippen LogP) is 2.10. The minimum atomic E-state index is -3.56. The molecule has 9 heteroatoms. The maximum absolute atomic E-state index is 12.8. The van der Waals surface area contributed by atoms with Gasteiger partial charge in [0.1, 0.15) is 11.9 Å². The summed E-state index contributed by atoms with van der Waals surface area (Å²) in [5.41, 5.74) is 0.855. The zero-order valence-electron chi connectivity index (χ0n) is 15.6. The van der Waals surface area contributed by atoms with Crippen LogP contribution >= 0.6 is 0 Å². The molecule has 0 unspecified atom stereocenters. The van der Waals surface area contributed by atoms with E-state index >= 15 is 0 Å². The number of piperidine rings is 1. The van der Waals surface area contributed by atoms with E-state index in [1.54, 1.807) is 23.2 Å². The molecule has 8 nitrogen and oxygen atoms in total. The minimum Gasteiger partial charge on any atom is -0.474 e. The second-order valence-electron chi connectivity index (χ2n) is 6.87. The van der Waals surface area contributed by atoms with Gasteiger partial charge in [-0.3, -0.25) is 0 Å². The molecule has 0 spiro atoms. The van der Waals surface area contributed by atoms with Crippen LogP contribution in [0.1, 0.15) is 44.2 Å². The molecule has 1 fully saturated rings. The van der Waals surface area contributed by atoms with E-state index < -0.39 is 10.0 Å². The average molecular weight is 379 g/mol. The van der Waals surface area contributed by atoms with Crippen LogP contribution in [0.5, 0.6) is 5.88 Å². The SMILES string of the molecule is Cc1cc(OC2CCN(S(=O)(=O)c3cn(C(C)C)cn3)CC2)nc(C)n1. The maximum Gasteiger partial charge on any atom is 0.262 e. The van der Waals surface area contributed by atoms with Crippen LogP contribution in [-0.2, 0) is 10.0 Å². The van der Waals surface area contributed by atoms with Crippen molar-refractivity contribution in [1.82, 2.24) is 23.8 Å². The summed E-state index contributed by atoms with van der Waals surface area (Å²) in [5.74, 6) is 1.22. The molecule has 0 N–H and O–H groups in total. The summed E-state index contributed by atoms with van der Waals surface area (Å²) in [6.45, 7) is 8.50.